The first-order valence-corrected chi connectivity index (χ1v) is 23.0. The molecule has 0 unspecified atom stereocenters. The molecule has 0 spiro atoms. The second-order valence-corrected chi connectivity index (χ2v) is 18.7. The number of nitrogens with zero attached hydrogens (tertiary/aromatic N) is 4. The maximum Gasteiger partial charge on any atom is 0.329 e. The number of piperidine rings is 1. The number of hydrogen-bond donors (Lipinski definition) is 3. The van der Waals surface area contributed by atoms with Gasteiger partial charge >= 0.3 is 11.9 Å². The Kier molecular flexibility index (Phi) is 16.2. The summed E-state index contributed by atoms with van der Waals surface area (Å²) in [7, 11) is 3.60. The Labute approximate surface area is 385 Å². The summed E-state index contributed by atoms with van der Waals surface area (Å²) in [6.45, 7) is 8.89. The molecular weight excluding hydrogens is 854 g/mol. The number of nitrogens with one attached hydrogen (secondary N) is 3. The lowest BCUT2D eigenvalue weighted by atomic mass is 9.98. The monoisotopic (exact) mass is 917 g/mol. The van der Waals surface area contributed by atoms with Gasteiger partial charge in [-0.1, -0.05) is 48.9 Å². The number of cyclic esters (lactones) is 1. The zero-order valence-corrected chi connectivity index (χ0v) is 39.0. The summed E-state index contributed by atoms with van der Waals surface area (Å²) in [6, 6.07) is 4.31. The third-order valence-electron chi connectivity index (χ3n) is 12.8. The van der Waals surface area contributed by atoms with Gasteiger partial charge in [0.25, 0.3) is 0 Å². The molecule has 9 atom stereocenters. The molecule has 4 fully saturated rings. The first-order chi connectivity index (χ1) is 31.3. The van der Waals surface area contributed by atoms with Crippen molar-refractivity contribution in [1.82, 2.24) is 35.6 Å². The minimum Gasteiger partial charge on any atom is -0.460 e. The van der Waals surface area contributed by atoms with Gasteiger partial charge in [-0.2, -0.15) is 0 Å². The van der Waals surface area contributed by atoms with Crippen LogP contribution in [0, 0.1) is 25.6 Å². The van der Waals surface area contributed by atoms with E-state index in [1.165, 1.54) is 40.7 Å². The van der Waals surface area contributed by atoms with E-state index in [1.807, 2.05) is 30.9 Å². The van der Waals surface area contributed by atoms with Crippen LogP contribution in [0.1, 0.15) is 81.5 Å². The highest BCUT2D eigenvalue weighted by atomic mass is 19.1. The van der Waals surface area contributed by atoms with Crippen molar-refractivity contribution in [3.05, 3.63) is 70.5 Å². The molecule has 0 saturated carbocycles. The molecular formula is C48H64FN7O10. The first kappa shape index (κ1) is 49.5. The topological polar surface area (TPSA) is 204 Å². The maximum atomic E-state index is 15.2. The van der Waals surface area contributed by atoms with Crippen LogP contribution < -0.4 is 16.0 Å². The molecule has 3 N–H and O–H groups in total. The molecule has 18 heteroatoms. The third-order valence-corrected chi connectivity index (χ3v) is 12.8. The molecule has 2 aromatic carbocycles. The normalized spacial score (nSPS) is 26.8. The summed E-state index contributed by atoms with van der Waals surface area (Å²) < 4.78 is 26.8. The fourth-order valence-electron chi connectivity index (χ4n) is 9.35. The number of hydrogen-bond acceptors (Lipinski definition) is 11. The lowest BCUT2D eigenvalue weighted by molar-refractivity contribution is -0.163. The lowest BCUT2D eigenvalue weighted by Crippen LogP contribution is -2.63. The average molecular weight is 918 g/mol. The van der Waals surface area contributed by atoms with Crippen LogP contribution in [0.15, 0.2) is 42.5 Å². The molecule has 4 aliphatic heterocycles. The van der Waals surface area contributed by atoms with Crippen LogP contribution in [0.5, 0.6) is 0 Å². The van der Waals surface area contributed by atoms with Crippen molar-refractivity contribution in [3.63, 3.8) is 0 Å². The highest BCUT2D eigenvalue weighted by Gasteiger charge is 2.50. The Morgan fingerprint density at radius 1 is 0.879 bits per heavy atom. The smallest absolute Gasteiger partial charge is 0.329 e. The van der Waals surface area contributed by atoms with E-state index in [9.17, 15) is 38.0 Å². The number of halogens is 1. The third kappa shape index (κ3) is 12.1. The predicted octanol–water partition coefficient (Wildman–Crippen LogP) is 1.73. The SMILES string of the molecule is Cc1cccc(C[C@H](NC(=O)Cc2ccc(C)cc2F)C(=O)N[C@@H]2C(=O)N3C[C@H](OC(=O)CCN(C)C)C[C@H]3C(=O)N3CCCC[C@H]3C(=O)N[C@@H](C)C(=O)N3C[C@H](C)C[C@H]3C(=O)O[C@H]2C)c1. The van der Waals surface area contributed by atoms with Crippen LogP contribution in [-0.4, -0.2) is 156 Å². The number of carbonyl (C=O) groups excluding carboxylic acids is 8. The van der Waals surface area contributed by atoms with Crippen LogP contribution in [-0.2, 0) is 60.7 Å². The Bertz CT molecular complexity index is 2190. The van der Waals surface area contributed by atoms with Crippen LogP contribution in [0.3, 0.4) is 0 Å². The Morgan fingerprint density at radius 3 is 2.32 bits per heavy atom. The van der Waals surface area contributed by atoms with Crippen molar-refractivity contribution in [3.8, 4) is 0 Å². The van der Waals surface area contributed by atoms with Crippen molar-refractivity contribution < 1.29 is 52.2 Å². The first-order valence-electron chi connectivity index (χ1n) is 23.0. The molecule has 0 aromatic heterocycles. The fraction of sp³-hybridized carbons (Fsp3) is 0.583. The molecule has 0 radical (unpaired) electrons. The molecule has 4 aliphatic rings. The zero-order chi connectivity index (χ0) is 48.0. The standard InChI is InChI=1S/C48H64FN7O10/c1-27-11-10-12-32(19-27)22-36(51-40(57)23-33-15-14-28(2)20-35(33)49)43(59)52-42-31(5)65-48(64)39-21-29(3)25-55(39)45(61)30(4)50-44(60)37-13-8-9-17-54(37)46(62)38-24-34(26-56(38)47(42)63)66-41(58)16-18-53(6)7/h10-12,14-15,19-20,29-31,34,36-39,42H,8-9,13,16-18,21-26H2,1-7H3,(H,50,60)(H,51,57)(H,52,59)/t29-,30+,31+,34-,36+,37+,38+,39+,42+/m1/s1. The minimum absolute atomic E-state index is 0.0361. The quantitative estimate of drug-likeness (QED) is 0.277. The number of aryl methyl sites for hydroxylation is 2. The lowest BCUT2D eigenvalue weighted by Gasteiger charge is -2.39. The van der Waals surface area contributed by atoms with Gasteiger partial charge in [-0.05, 0) is 96.1 Å². The van der Waals surface area contributed by atoms with Gasteiger partial charge in [0.1, 0.15) is 54.3 Å². The molecule has 358 valence electrons. The van der Waals surface area contributed by atoms with Gasteiger partial charge in [-0.25, -0.2) is 9.18 Å². The molecule has 17 nitrogen and oxygen atoms in total. The van der Waals surface area contributed by atoms with Crippen molar-refractivity contribution in [2.45, 2.75) is 134 Å². The molecule has 2 aromatic rings. The highest BCUT2D eigenvalue weighted by Crippen LogP contribution is 2.30. The van der Waals surface area contributed by atoms with Crippen LogP contribution in [0.2, 0.25) is 0 Å². The average Bonchev–Trinajstić information content (AvgIpc) is 3.87. The minimum atomic E-state index is -1.68. The van der Waals surface area contributed by atoms with Gasteiger partial charge in [-0.15, -0.1) is 0 Å². The van der Waals surface area contributed by atoms with Crippen molar-refractivity contribution in [2.75, 3.05) is 40.3 Å². The number of amides is 6. The number of carbonyl (C=O) groups is 8. The van der Waals surface area contributed by atoms with Crippen molar-refractivity contribution >= 4 is 47.4 Å². The Morgan fingerprint density at radius 2 is 1.61 bits per heavy atom. The van der Waals surface area contributed by atoms with Crippen LogP contribution in [0.25, 0.3) is 0 Å². The van der Waals surface area contributed by atoms with Crippen LogP contribution >= 0.6 is 0 Å². The van der Waals surface area contributed by atoms with E-state index in [0.717, 1.165) is 5.56 Å². The molecule has 66 heavy (non-hydrogen) atoms. The predicted molar refractivity (Wildman–Crippen MR) is 239 cm³/mol. The number of benzene rings is 2. The fourth-order valence-corrected chi connectivity index (χ4v) is 9.35. The van der Waals surface area contributed by atoms with E-state index in [4.69, 9.17) is 9.47 Å². The van der Waals surface area contributed by atoms with Gasteiger partial charge in [0.15, 0.2) is 0 Å². The molecule has 0 bridgehead atoms. The van der Waals surface area contributed by atoms with Crippen LogP contribution in [0.4, 0.5) is 4.39 Å². The molecule has 4 heterocycles. The molecule has 4 saturated heterocycles. The van der Waals surface area contributed by atoms with Gasteiger partial charge in [-0.3, -0.25) is 33.6 Å². The molecule has 6 amide bonds. The number of esters is 2. The zero-order valence-electron chi connectivity index (χ0n) is 39.0. The summed E-state index contributed by atoms with van der Waals surface area (Å²) in [5, 5.41) is 8.25. The second kappa shape index (κ2) is 21.6. The summed E-state index contributed by atoms with van der Waals surface area (Å²) >= 11 is 0. The maximum absolute atomic E-state index is 15.2. The second-order valence-electron chi connectivity index (χ2n) is 18.7. The van der Waals surface area contributed by atoms with Crippen molar-refractivity contribution in [2.24, 2.45) is 5.92 Å². The van der Waals surface area contributed by atoms with E-state index in [-0.39, 0.29) is 63.2 Å². The number of rotatable bonds is 11. The van der Waals surface area contributed by atoms with E-state index in [0.29, 0.717) is 30.5 Å². The van der Waals surface area contributed by atoms with Gasteiger partial charge in [0.05, 0.1) is 19.4 Å². The van der Waals surface area contributed by atoms with Gasteiger partial charge in [0, 0.05) is 32.5 Å². The van der Waals surface area contributed by atoms with E-state index in [2.05, 4.69) is 16.0 Å². The highest BCUT2D eigenvalue weighted by molar-refractivity contribution is 5.98. The molecule has 6 rings (SSSR count). The van der Waals surface area contributed by atoms with E-state index in [1.54, 1.807) is 39.2 Å². The van der Waals surface area contributed by atoms with Crippen molar-refractivity contribution in [1.29, 1.82) is 0 Å². The largest absolute Gasteiger partial charge is 0.460 e. The summed E-state index contributed by atoms with van der Waals surface area (Å²) in [5.41, 5.74) is 2.32. The number of ether oxygens (including phenoxy) is 2. The molecule has 0 aliphatic carbocycles. The Balaban J connectivity index is 1.38. The summed E-state index contributed by atoms with van der Waals surface area (Å²) in [5.74, 6) is -6.14. The summed E-state index contributed by atoms with van der Waals surface area (Å²) in [4.78, 5) is 119. The summed E-state index contributed by atoms with van der Waals surface area (Å²) in [6.07, 6.45) is -1.18. The van der Waals surface area contributed by atoms with Gasteiger partial charge < -0.3 is 45.0 Å². The van der Waals surface area contributed by atoms with E-state index >= 15 is 4.79 Å². The Hall–Kier alpha value is -5.91. The van der Waals surface area contributed by atoms with E-state index < -0.39 is 108 Å². The number of fused-ring (bicyclic) bond motifs is 3. The van der Waals surface area contributed by atoms with Gasteiger partial charge in [0.2, 0.25) is 35.4 Å².